The number of alkyl halides is 3. The van der Waals surface area contributed by atoms with Crippen molar-refractivity contribution in [2.75, 3.05) is 38.1 Å². The average Bonchev–Trinajstić information content (AvgIpc) is 3.31. The number of anilines is 1. The largest absolute Gasteiger partial charge is 0.417 e. The molecule has 4 aliphatic rings. The summed E-state index contributed by atoms with van der Waals surface area (Å²) in [6.45, 7) is 10.3. The fraction of sp³-hybridized carbons (Fsp3) is 0.564. The number of benzene rings is 1. The van der Waals surface area contributed by atoms with Crippen LogP contribution in [-0.4, -0.2) is 116 Å². The highest BCUT2D eigenvalue weighted by Gasteiger charge is 2.55. The maximum Gasteiger partial charge on any atom is 0.417 e. The van der Waals surface area contributed by atoms with Crippen LogP contribution in [0.4, 0.5) is 23.8 Å². The van der Waals surface area contributed by atoms with Gasteiger partial charge < -0.3 is 15.0 Å². The number of carbonyl (C=O) groups excluding carboxylic acids is 5. The molecule has 1 aliphatic carbocycles. The third-order valence-corrected chi connectivity index (χ3v) is 12.2. The summed E-state index contributed by atoms with van der Waals surface area (Å²) in [6.07, 6.45) is -0.0230. The Morgan fingerprint density at radius 3 is 2.38 bits per heavy atom. The number of imide groups is 2. The number of hydrogen-bond donors (Lipinski definition) is 2. The fourth-order valence-electron chi connectivity index (χ4n) is 8.36. The molecular formula is C39H48ClF3N8O6S. The highest BCUT2D eigenvalue weighted by Crippen LogP contribution is 2.42. The minimum atomic E-state index is -4.77. The molecule has 6 rings (SSSR count). The minimum absolute atomic E-state index is 0. The highest BCUT2D eigenvalue weighted by atomic mass is 35.5. The lowest BCUT2D eigenvalue weighted by Crippen LogP contribution is -2.58. The number of urea groups is 1. The predicted molar refractivity (Wildman–Crippen MR) is 209 cm³/mol. The number of ether oxygens (including phenoxy) is 1. The Labute approximate surface area is 345 Å². The number of nitrogens with zero attached hydrogens (tertiary/aromatic N) is 6. The summed E-state index contributed by atoms with van der Waals surface area (Å²) in [4.78, 5) is 74.3. The standard InChI is InChI=1S/C39H47F3N8O6S.ClH/c1-23-20-47(21-24(2)48(23)22-34(52)45-32-17-25(13-14-44-32)30-11-12-33(51)46-35(30)53)15-16-56-28-8-6-27(7-9-28)49-37(55)50(36(54)38(49,3)4)57-29-10-5-26(19-43)31(18-29)39(40,41)42;/h5,10,13-14,17-18,23-24,27-28,30H,6-9,11-12,15-16,20-22H2,1-4H3,(H,44,45,52)(H,46,51,53);1H/t23-,24+,27?,28?,30?;. The van der Waals surface area contributed by atoms with Crippen molar-refractivity contribution < 1.29 is 41.9 Å². The molecule has 3 aliphatic heterocycles. The van der Waals surface area contributed by atoms with E-state index in [0.29, 0.717) is 68.6 Å². The van der Waals surface area contributed by atoms with E-state index in [-0.39, 0.29) is 72.2 Å². The molecule has 0 spiro atoms. The van der Waals surface area contributed by atoms with E-state index in [1.54, 1.807) is 37.1 Å². The zero-order chi connectivity index (χ0) is 41.2. The van der Waals surface area contributed by atoms with Crippen molar-refractivity contribution >= 4 is 59.8 Å². The van der Waals surface area contributed by atoms with Crippen LogP contribution in [0.2, 0.25) is 0 Å². The lowest BCUT2D eigenvalue weighted by atomic mass is 9.89. The van der Waals surface area contributed by atoms with Crippen LogP contribution < -0.4 is 10.6 Å². The van der Waals surface area contributed by atoms with Gasteiger partial charge in [0.25, 0.3) is 5.91 Å². The zero-order valence-corrected chi connectivity index (χ0v) is 34.3. The van der Waals surface area contributed by atoms with E-state index in [2.05, 4.69) is 39.3 Å². The molecular weight excluding hydrogens is 801 g/mol. The number of piperidine rings is 1. The lowest BCUT2D eigenvalue weighted by Gasteiger charge is -2.44. The van der Waals surface area contributed by atoms with Gasteiger partial charge in [-0.25, -0.2) is 9.78 Å². The van der Waals surface area contributed by atoms with Gasteiger partial charge in [-0.05, 0) is 108 Å². The van der Waals surface area contributed by atoms with Crippen molar-refractivity contribution in [3.8, 4) is 6.07 Å². The van der Waals surface area contributed by atoms with E-state index in [9.17, 15) is 37.1 Å². The Morgan fingerprint density at radius 2 is 1.74 bits per heavy atom. The van der Waals surface area contributed by atoms with Crippen molar-refractivity contribution in [3.63, 3.8) is 0 Å². The Kier molecular flexibility index (Phi) is 14.2. The Bertz CT molecular complexity index is 1930. The number of aromatic nitrogens is 1. The van der Waals surface area contributed by atoms with Crippen LogP contribution in [0.3, 0.4) is 0 Å². The van der Waals surface area contributed by atoms with Crippen LogP contribution in [0.25, 0.3) is 0 Å². The molecule has 0 bridgehead atoms. The molecule has 19 heteroatoms. The van der Waals surface area contributed by atoms with Crippen LogP contribution in [-0.2, 0) is 30.1 Å². The molecule has 2 N–H and O–H groups in total. The molecule has 314 valence electrons. The normalized spacial score (nSPS) is 25.6. The smallest absolute Gasteiger partial charge is 0.377 e. The van der Waals surface area contributed by atoms with Gasteiger partial charge in [0, 0.05) is 55.3 Å². The van der Waals surface area contributed by atoms with Crippen molar-refractivity contribution in [2.45, 2.75) is 113 Å². The third kappa shape index (κ3) is 9.94. The van der Waals surface area contributed by atoms with E-state index in [4.69, 9.17) is 10.00 Å². The number of amides is 6. The number of carbonyl (C=O) groups is 5. The van der Waals surface area contributed by atoms with E-state index >= 15 is 0 Å². The van der Waals surface area contributed by atoms with Gasteiger partial charge >= 0.3 is 12.2 Å². The SMILES string of the molecule is C[C@@H]1CN(CCOC2CCC(N3C(=O)N(Sc4ccc(C#N)c(C(F)(F)F)c4)C(=O)C3(C)C)CC2)C[C@H](C)N1CC(=O)Nc1cc(C2CCC(=O)NC2=O)ccn1.Cl. The van der Waals surface area contributed by atoms with E-state index in [1.807, 2.05) is 0 Å². The maximum atomic E-state index is 13.6. The predicted octanol–water partition coefficient (Wildman–Crippen LogP) is 5.33. The Hall–Kier alpha value is -4.28. The van der Waals surface area contributed by atoms with Gasteiger partial charge in [-0.1, -0.05) is 0 Å². The van der Waals surface area contributed by atoms with Gasteiger partial charge in [-0.3, -0.25) is 34.3 Å². The molecule has 2 aromatic rings. The summed E-state index contributed by atoms with van der Waals surface area (Å²) in [5.41, 5.74) is -2.17. The number of pyridine rings is 1. The van der Waals surface area contributed by atoms with Gasteiger partial charge in [0.05, 0.1) is 42.4 Å². The summed E-state index contributed by atoms with van der Waals surface area (Å²) in [5, 5.41) is 14.3. The minimum Gasteiger partial charge on any atom is -0.377 e. The molecule has 4 heterocycles. The van der Waals surface area contributed by atoms with E-state index in [1.165, 1.54) is 12.1 Å². The molecule has 14 nitrogen and oxygen atoms in total. The van der Waals surface area contributed by atoms with E-state index < -0.39 is 40.7 Å². The maximum absolute atomic E-state index is 13.6. The van der Waals surface area contributed by atoms with Crippen LogP contribution in [0, 0.1) is 11.3 Å². The fourth-order valence-corrected chi connectivity index (χ4v) is 9.34. The molecule has 1 aromatic heterocycles. The quantitative estimate of drug-likeness (QED) is 0.171. The third-order valence-electron chi connectivity index (χ3n) is 11.3. The number of hydrogen-bond acceptors (Lipinski definition) is 11. The van der Waals surface area contributed by atoms with Crippen molar-refractivity contribution in [1.82, 2.24) is 29.3 Å². The second kappa shape index (κ2) is 18.3. The topological polar surface area (TPSA) is 168 Å². The number of piperazine rings is 1. The van der Waals surface area contributed by atoms with Gasteiger partial charge in [0.2, 0.25) is 17.7 Å². The lowest BCUT2D eigenvalue weighted by molar-refractivity contribution is -0.138. The molecule has 3 atom stereocenters. The Morgan fingerprint density at radius 1 is 1.05 bits per heavy atom. The second-order valence-corrected chi connectivity index (χ2v) is 16.7. The van der Waals surface area contributed by atoms with Crippen molar-refractivity contribution in [3.05, 3.63) is 53.2 Å². The van der Waals surface area contributed by atoms with Crippen LogP contribution in [0.1, 0.15) is 88.8 Å². The van der Waals surface area contributed by atoms with Crippen molar-refractivity contribution in [2.24, 2.45) is 0 Å². The van der Waals surface area contributed by atoms with Gasteiger partial charge in [-0.15, -0.1) is 12.4 Å². The second-order valence-electron chi connectivity index (χ2n) is 15.7. The van der Waals surface area contributed by atoms with Crippen LogP contribution in [0.5, 0.6) is 0 Å². The molecule has 1 saturated carbocycles. The van der Waals surface area contributed by atoms with Crippen LogP contribution in [0.15, 0.2) is 41.4 Å². The molecule has 6 amide bonds. The molecule has 4 fully saturated rings. The summed E-state index contributed by atoms with van der Waals surface area (Å²) in [7, 11) is 0. The zero-order valence-electron chi connectivity index (χ0n) is 32.7. The Balaban J connectivity index is 0.00000641. The molecule has 58 heavy (non-hydrogen) atoms. The number of rotatable bonds is 11. The number of nitriles is 1. The molecule has 1 aromatic carbocycles. The average molecular weight is 849 g/mol. The first-order chi connectivity index (χ1) is 27.0. The summed E-state index contributed by atoms with van der Waals surface area (Å²) in [6, 6.07) is 7.41. The highest BCUT2D eigenvalue weighted by molar-refractivity contribution is 7.98. The molecule has 3 saturated heterocycles. The van der Waals surface area contributed by atoms with Gasteiger partial charge in [0.1, 0.15) is 11.4 Å². The molecule has 1 unspecified atom stereocenters. The first-order valence-electron chi connectivity index (χ1n) is 19.1. The summed E-state index contributed by atoms with van der Waals surface area (Å²) >= 11 is 0.630. The monoisotopic (exact) mass is 848 g/mol. The molecule has 0 radical (unpaired) electrons. The van der Waals surface area contributed by atoms with E-state index in [0.717, 1.165) is 29.5 Å². The van der Waals surface area contributed by atoms with Crippen molar-refractivity contribution in [1.29, 1.82) is 5.26 Å². The number of nitrogens with one attached hydrogen (secondary N) is 2. The summed E-state index contributed by atoms with van der Waals surface area (Å²) < 4.78 is 47.9. The first kappa shape index (κ1) is 44.8. The number of halogens is 4. The summed E-state index contributed by atoms with van der Waals surface area (Å²) in [5.74, 6) is -1.50. The van der Waals surface area contributed by atoms with Gasteiger partial charge in [0.15, 0.2) is 0 Å². The first-order valence-corrected chi connectivity index (χ1v) is 19.9. The van der Waals surface area contributed by atoms with Gasteiger partial charge in [-0.2, -0.15) is 22.7 Å². The van der Waals surface area contributed by atoms with Crippen LogP contribution >= 0.6 is 24.4 Å².